The third-order valence-corrected chi connectivity index (χ3v) is 4.38. The van der Waals surface area contributed by atoms with Crippen LogP contribution in [0.2, 0.25) is 0 Å². The highest BCUT2D eigenvalue weighted by Crippen LogP contribution is 2.29. The molecule has 1 saturated heterocycles. The van der Waals surface area contributed by atoms with Crippen molar-refractivity contribution in [3.63, 3.8) is 0 Å². The molecule has 1 aromatic heterocycles. The SMILES string of the molecule is CCNCc1c(C)cc(C)nc1N1CCCCC1CC. The van der Waals surface area contributed by atoms with E-state index in [0.717, 1.165) is 25.3 Å². The summed E-state index contributed by atoms with van der Waals surface area (Å²) < 4.78 is 0. The summed E-state index contributed by atoms with van der Waals surface area (Å²) in [5.74, 6) is 1.23. The maximum atomic E-state index is 4.89. The van der Waals surface area contributed by atoms with E-state index in [-0.39, 0.29) is 0 Å². The predicted molar refractivity (Wildman–Crippen MR) is 86.4 cm³/mol. The van der Waals surface area contributed by atoms with Gasteiger partial charge >= 0.3 is 0 Å². The van der Waals surface area contributed by atoms with Gasteiger partial charge in [0.2, 0.25) is 0 Å². The van der Waals surface area contributed by atoms with Gasteiger partial charge in [0.05, 0.1) is 0 Å². The highest BCUT2D eigenvalue weighted by Gasteiger charge is 2.24. The zero-order valence-corrected chi connectivity index (χ0v) is 13.5. The molecular weight excluding hydrogens is 246 g/mol. The van der Waals surface area contributed by atoms with Gasteiger partial charge in [0.1, 0.15) is 5.82 Å². The van der Waals surface area contributed by atoms with Gasteiger partial charge in [0, 0.05) is 30.4 Å². The van der Waals surface area contributed by atoms with Crippen molar-refractivity contribution < 1.29 is 0 Å². The minimum Gasteiger partial charge on any atom is -0.353 e. The van der Waals surface area contributed by atoms with Crippen LogP contribution in [0.1, 0.15) is 56.4 Å². The third kappa shape index (κ3) is 3.32. The van der Waals surface area contributed by atoms with Crippen molar-refractivity contribution in [2.24, 2.45) is 0 Å². The Bertz CT molecular complexity index is 442. The molecule has 0 radical (unpaired) electrons. The summed E-state index contributed by atoms with van der Waals surface area (Å²) in [7, 11) is 0. The number of pyridine rings is 1. The number of anilines is 1. The standard InChI is InChI=1S/C17H29N3/c1-5-15-9-7-8-10-20(15)17-16(12-18-6-2)13(3)11-14(4)19-17/h11,15,18H,5-10,12H2,1-4H3. The Morgan fingerprint density at radius 2 is 2.10 bits per heavy atom. The van der Waals surface area contributed by atoms with Crippen molar-refractivity contribution in [1.29, 1.82) is 0 Å². The molecule has 1 atom stereocenters. The molecule has 0 amide bonds. The Labute approximate surface area is 123 Å². The van der Waals surface area contributed by atoms with Crippen molar-refractivity contribution in [2.75, 3.05) is 18.0 Å². The summed E-state index contributed by atoms with van der Waals surface area (Å²) >= 11 is 0. The van der Waals surface area contributed by atoms with Gasteiger partial charge in [-0.25, -0.2) is 4.98 Å². The molecule has 1 N–H and O–H groups in total. The molecule has 1 aliphatic heterocycles. The van der Waals surface area contributed by atoms with Crippen LogP contribution in [0.25, 0.3) is 0 Å². The maximum Gasteiger partial charge on any atom is 0.133 e. The van der Waals surface area contributed by atoms with E-state index in [1.807, 2.05) is 0 Å². The van der Waals surface area contributed by atoms with Gasteiger partial charge in [-0.15, -0.1) is 0 Å². The normalized spacial score (nSPS) is 19.4. The molecule has 0 saturated carbocycles. The van der Waals surface area contributed by atoms with Crippen LogP contribution in [-0.4, -0.2) is 24.1 Å². The lowest BCUT2D eigenvalue weighted by Crippen LogP contribution is -2.40. The molecular formula is C17H29N3. The Morgan fingerprint density at radius 1 is 1.30 bits per heavy atom. The lowest BCUT2D eigenvalue weighted by molar-refractivity contribution is 0.445. The van der Waals surface area contributed by atoms with Crippen LogP contribution in [0.4, 0.5) is 5.82 Å². The number of aryl methyl sites for hydroxylation is 2. The second kappa shape index (κ2) is 7.07. The molecule has 0 aliphatic carbocycles. The first kappa shape index (κ1) is 15.3. The minimum atomic E-state index is 0.665. The number of piperidine rings is 1. The van der Waals surface area contributed by atoms with E-state index in [2.05, 4.69) is 44.0 Å². The molecule has 2 rings (SSSR count). The molecule has 1 unspecified atom stereocenters. The lowest BCUT2D eigenvalue weighted by atomic mass is 9.98. The molecule has 3 heteroatoms. The van der Waals surface area contributed by atoms with E-state index in [1.165, 1.54) is 42.6 Å². The average Bonchev–Trinajstić information content (AvgIpc) is 2.45. The van der Waals surface area contributed by atoms with Crippen molar-refractivity contribution >= 4 is 5.82 Å². The number of aromatic nitrogens is 1. The van der Waals surface area contributed by atoms with Crippen LogP contribution in [0, 0.1) is 13.8 Å². The number of hydrogen-bond donors (Lipinski definition) is 1. The fourth-order valence-corrected chi connectivity index (χ4v) is 3.25. The molecule has 112 valence electrons. The van der Waals surface area contributed by atoms with Gasteiger partial charge in [0.15, 0.2) is 0 Å². The van der Waals surface area contributed by atoms with Crippen LogP contribution in [0.15, 0.2) is 6.07 Å². The number of nitrogens with one attached hydrogen (secondary N) is 1. The van der Waals surface area contributed by atoms with Gasteiger partial charge in [-0.3, -0.25) is 0 Å². The van der Waals surface area contributed by atoms with E-state index in [9.17, 15) is 0 Å². The highest BCUT2D eigenvalue weighted by atomic mass is 15.2. The van der Waals surface area contributed by atoms with Gasteiger partial charge in [-0.2, -0.15) is 0 Å². The largest absolute Gasteiger partial charge is 0.353 e. The summed E-state index contributed by atoms with van der Waals surface area (Å²) in [6.07, 6.45) is 5.19. The monoisotopic (exact) mass is 275 g/mol. The van der Waals surface area contributed by atoms with Gasteiger partial charge < -0.3 is 10.2 Å². The summed E-state index contributed by atoms with van der Waals surface area (Å²) in [5, 5.41) is 3.47. The topological polar surface area (TPSA) is 28.2 Å². The van der Waals surface area contributed by atoms with Crippen LogP contribution in [0.3, 0.4) is 0 Å². The molecule has 3 nitrogen and oxygen atoms in total. The summed E-state index contributed by atoms with van der Waals surface area (Å²) in [6, 6.07) is 2.87. The average molecular weight is 275 g/mol. The molecule has 2 heterocycles. The first-order valence-corrected chi connectivity index (χ1v) is 8.11. The fraction of sp³-hybridized carbons (Fsp3) is 0.706. The van der Waals surface area contributed by atoms with Gasteiger partial charge in [-0.1, -0.05) is 13.8 Å². The van der Waals surface area contributed by atoms with Crippen LogP contribution < -0.4 is 10.2 Å². The first-order valence-electron chi connectivity index (χ1n) is 8.11. The van der Waals surface area contributed by atoms with E-state index in [1.54, 1.807) is 0 Å². The summed E-state index contributed by atoms with van der Waals surface area (Å²) in [4.78, 5) is 7.46. The maximum absolute atomic E-state index is 4.89. The molecule has 20 heavy (non-hydrogen) atoms. The Kier molecular flexibility index (Phi) is 5.41. The molecule has 0 bridgehead atoms. The van der Waals surface area contributed by atoms with Crippen LogP contribution in [0.5, 0.6) is 0 Å². The second-order valence-corrected chi connectivity index (χ2v) is 5.91. The summed E-state index contributed by atoms with van der Waals surface area (Å²) in [5.41, 5.74) is 3.89. The minimum absolute atomic E-state index is 0.665. The predicted octanol–water partition coefficient (Wildman–Crippen LogP) is 3.58. The van der Waals surface area contributed by atoms with Gasteiger partial charge in [-0.05, 0) is 57.7 Å². The van der Waals surface area contributed by atoms with Gasteiger partial charge in [0.25, 0.3) is 0 Å². The highest BCUT2D eigenvalue weighted by molar-refractivity contribution is 5.52. The van der Waals surface area contributed by atoms with Crippen LogP contribution >= 0.6 is 0 Å². The van der Waals surface area contributed by atoms with Crippen molar-refractivity contribution in [3.05, 3.63) is 22.9 Å². The lowest BCUT2D eigenvalue weighted by Gasteiger charge is -2.38. The zero-order chi connectivity index (χ0) is 14.5. The zero-order valence-electron chi connectivity index (χ0n) is 13.5. The molecule has 0 spiro atoms. The number of nitrogens with zero attached hydrogens (tertiary/aromatic N) is 2. The van der Waals surface area contributed by atoms with E-state index in [0.29, 0.717) is 6.04 Å². The number of rotatable bonds is 5. The van der Waals surface area contributed by atoms with E-state index >= 15 is 0 Å². The molecule has 1 aromatic rings. The first-order chi connectivity index (χ1) is 9.67. The Hall–Kier alpha value is -1.09. The fourth-order valence-electron chi connectivity index (χ4n) is 3.25. The molecule has 1 aliphatic rings. The Balaban J connectivity index is 2.36. The van der Waals surface area contributed by atoms with Crippen molar-refractivity contribution in [2.45, 2.75) is 66.0 Å². The van der Waals surface area contributed by atoms with Crippen molar-refractivity contribution in [1.82, 2.24) is 10.3 Å². The van der Waals surface area contributed by atoms with E-state index in [4.69, 9.17) is 4.98 Å². The smallest absolute Gasteiger partial charge is 0.133 e. The third-order valence-electron chi connectivity index (χ3n) is 4.38. The number of hydrogen-bond acceptors (Lipinski definition) is 3. The summed E-state index contributed by atoms with van der Waals surface area (Å²) in [6.45, 7) is 11.9. The van der Waals surface area contributed by atoms with E-state index < -0.39 is 0 Å². The van der Waals surface area contributed by atoms with Crippen LogP contribution in [-0.2, 0) is 6.54 Å². The quantitative estimate of drug-likeness (QED) is 0.890. The molecule has 0 aromatic carbocycles. The molecule has 1 fully saturated rings. The Morgan fingerprint density at radius 3 is 2.80 bits per heavy atom. The van der Waals surface area contributed by atoms with Crippen molar-refractivity contribution in [3.8, 4) is 0 Å². The second-order valence-electron chi connectivity index (χ2n) is 5.91.